The second-order valence-electron chi connectivity index (χ2n) is 7.55. The molecule has 2 aromatic rings. The lowest BCUT2D eigenvalue weighted by molar-refractivity contribution is -0.894. The monoisotopic (exact) mass is 392 g/mol. The van der Waals surface area contributed by atoms with Gasteiger partial charge in [0.15, 0.2) is 9.84 Å². The zero-order valence-corrected chi connectivity index (χ0v) is 17.3. The van der Waals surface area contributed by atoms with Gasteiger partial charge in [0, 0.05) is 12.1 Å². The Bertz CT molecular complexity index is 862. The molecule has 1 aliphatic rings. The van der Waals surface area contributed by atoms with Gasteiger partial charge in [-0.05, 0) is 32.4 Å². The largest absolute Gasteiger partial charge is 0.493 e. The maximum Gasteiger partial charge on any atom is 0.152 e. The molecule has 6 nitrogen and oxygen atoms in total. The lowest BCUT2D eigenvalue weighted by atomic mass is 10.1. The van der Waals surface area contributed by atoms with Gasteiger partial charge in [0.2, 0.25) is 0 Å². The number of sulfone groups is 1. The van der Waals surface area contributed by atoms with Crippen molar-refractivity contribution in [2.24, 2.45) is 0 Å². The normalized spacial score (nSPS) is 19.9. The van der Waals surface area contributed by atoms with Gasteiger partial charge in [-0.1, -0.05) is 18.2 Å². The summed E-state index contributed by atoms with van der Waals surface area (Å²) in [4.78, 5) is 1.40. The van der Waals surface area contributed by atoms with Crippen molar-refractivity contribution < 1.29 is 18.1 Å². The van der Waals surface area contributed by atoms with Crippen molar-refractivity contribution in [2.75, 3.05) is 31.7 Å². The highest BCUT2D eigenvalue weighted by Crippen LogP contribution is 2.26. The van der Waals surface area contributed by atoms with E-state index >= 15 is 0 Å². The lowest BCUT2D eigenvalue weighted by Gasteiger charge is -2.15. The van der Waals surface area contributed by atoms with Crippen molar-refractivity contribution in [3.05, 3.63) is 47.3 Å². The Morgan fingerprint density at radius 2 is 2.00 bits per heavy atom. The smallest absolute Gasteiger partial charge is 0.152 e. The first-order valence-corrected chi connectivity index (χ1v) is 11.4. The van der Waals surface area contributed by atoms with Gasteiger partial charge >= 0.3 is 0 Å². The number of rotatable bonds is 8. The summed E-state index contributed by atoms with van der Waals surface area (Å²) in [5.41, 5.74) is 3.35. The first-order chi connectivity index (χ1) is 12.9. The molecule has 0 bridgehead atoms. The van der Waals surface area contributed by atoms with E-state index in [1.54, 1.807) is 0 Å². The van der Waals surface area contributed by atoms with E-state index in [1.165, 1.54) is 10.5 Å². The number of aromatic nitrogens is 2. The summed E-state index contributed by atoms with van der Waals surface area (Å²) in [5.74, 6) is 1.40. The molecule has 0 aliphatic carbocycles. The van der Waals surface area contributed by atoms with Gasteiger partial charge in [-0.15, -0.1) is 0 Å². The van der Waals surface area contributed by atoms with Crippen LogP contribution in [0.2, 0.25) is 0 Å². The predicted octanol–water partition coefficient (Wildman–Crippen LogP) is 1.34. The Kier molecular flexibility index (Phi) is 6.22. The standard InChI is InChI=1S/C20H29N3O3S/c1-16-20(17(2)23(21-16)18-10-13-27(24,25)15-18)14-22(3)11-7-12-26-19-8-5-4-6-9-19/h4-6,8-9,18H,7,10-15H2,1-3H3/p+1/t18-/m1/s1. The third-order valence-corrected chi connectivity index (χ3v) is 7.02. The zero-order chi connectivity index (χ0) is 19.4. The van der Waals surface area contributed by atoms with Gasteiger partial charge in [-0.2, -0.15) is 5.10 Å². The van der Waals surface area contributed by atoms with Gasteiger partial charge < -0.3 is 9.64 Å². The molecule has 27 heavy (non-hydrogen) atoms. The molecule has 148 valence electrons. The molecule has 0 saturated carbocycles. The number of benzene rings is 1. The third kappa shape index (κ3) is 5.11. The first-order valence-electron chi connectivity index (χ1n) is 9.60. The fourth-order valence-electron chi connectivity index (χ4n) is 3.75. The van der Waals surface area contributed by atoms with Crippen LogP contribution in [-0.2, 0) is 16.4 Å². The fraction of sp³-hybridized carbons (Fsp3) is 0.550. The molecule has 1 aromatic carbocycles. The van der Waals surface area contributed by atoms with Crippen molar-refractivity contribution in [1.82, 2.24) is 9.78 Å². The molecule has 1 N–H and O–H groups in total. The van der Waals surface area contributed by atoms with Crippen molar-refractivity contribution >= 4 is 9.84 Å². The van der Waals surface area contributed by atoms with Crippen LogP contribution in [0.3, 0.4) is 0 Å². The van der Waals surface area contributed by atoms with Gasteiger partial charge in [-0.25, -0.2) is 8.42 Å². The Balaban J connectivity index is 1.52. The number of para-hydroxylation sites is 1. The van der Waals surface area contributed by atoms with Crippen molar-refractivity contribution in [3.8, 4) is 5.75 Å². The van der Waals surface area contributed by atoms with Crippen LogP contribution in [0.5, 0.6) is 5.75 Å². The third-order valence-electron chi connectivity index (χ3n) is 5.27. The number of nitrogens with one attached hydrogen (secondary N) is 1. The molecule has 7 heteroatoms. The lowest BCUT2D eigenvalue weighted by Crippen LogP contribution is -3.07. The van der Waals surface area contributed by atoms with E-state index < -0.39 is 9.84 Å². The van der Waals surface area contributed by atoms with E-state index in [-0.39, 0.29) is 17.5 Å². The minimum atomic E-state index is -2.90. The molecular weight excluding hydrogens is 362 g/mol. The molecule has 1 unspecified atom stereocenters. The number of aryl methyl sites for hydroxylation is 1. The van der Waals surface area contributed by atoms with E-state index in [4.69, 9.17) is 4.74 Å². The summed E-state index contributed by atoms with van der Waals surface area (Å²) in [7, 11) is -0.726. The second-order valence-corrected chi connectivity index (χ2v) is 9.78. The average Bonchev–Trinajstić information content (AvgIpc) is 3.13. The summed E-state index contributed by atoms with van der Waals surface area (Å²) in [6.07, 6.45) is 1.65. The summed E-state index contributed by atoms with van der Waals surface area (Å²) < 4.78 is 31.3. The van der Waals surface area contributed by atoms with E-state index in [2.05, 4.69) is 19.1 Å². The maximum atomic E-state index is 11.8. The van der Waals surface area contributed by atoms with Crippen LogP contribution in [0.25, 0.3) is 0 Å². The molecular formula is C20H30N3O3S+. The molecule has 3 rings (SSSR count). The van der Waals surface area contributed by atoms with Crippen LogP contribution in [0.1, 0.15) is 35.8 Å². The molecule has 1 aromatic heterocycles. The number of quaternary nitrogens is 1. The molecule has 2 heterocycles. The Hall–Kier alpha value is -1.86. The van der Waals surface area contributed by atoms with Crippen molar-refractivity contribution in [1.29, 1.82) is 0 Å². The highest BCUT2D eigenvalue weighted by atomic mass is 32.2. The second kappa shape index (κ2) is 8.44. The molecule has 1 aliphatic heterocycles. The van der Waals surface area contributed by atoms with E-state index in [0.717, 1.165) is 36.6 Å². The van der Waals surface area contributed by atoms with Gasteiger partial charge in [0.25, 0.3) is 0 Å². The van der Waals surface area contributed by atoms with Crippen LogP contribution < -0.4 is 9.64 Å². The number of nitrogens with zero attached hydrogens (tertiary/aromatic N) is 2. The zero-order valence-electron chi connectivity index (χ0n) is 16.4. The van der Waals surface area contributed by atoms with Crippen LogP contribution in [0.15, 0.2) is 30.3 Å². The quantitative estimate of drug-likeness (QED) is 0.689. The van der Waals surface area contributed by atoms with Gasteiger partial charge in [-0.3, -0.25) is 4.68 Å². The Labute approximate surface area is 162 Å². The molecule has 2 atom stereocenters. The van der Waals surface area contributed by atoms with E-state index in [1.807, 2.05) is 41.9 Å². The molecule has 0 spiro atoms. The summed E-state index contributed by atoms with van der Waals surface area (Å²) in [6.45, 7) is 6.69. The number of hydrogen-bond acceptors (Lipinski definition) is 4. The molecule has 1 fully saturated rings. The van der Waals surface area contributed by atoms with E-state index in [9.17, 15) is 8.42 Å². The van der Waals surface area contributed by atoms with Gasteiger partial charge in [0.05, 0.1) is 49.0 Å². The van der Waals surface area contributed by atoms with Gasteiger partial charge in [0.1, 0.15) is 12.3 Å². The van der Waals surface area contributed by atoms with Crippen molar-refractivity contribution in [3.63, 3.8) is 0 Å². The summed E-state index contributed by atoms with van der Waals surface area (Å²) >= 11 is 0. The SMILES string of the molecule is Cc1nn([C@@H]2CCS(=O)(=O)C2)c(C)c1C[NH+](C)CCCOc1ccccc1. The summed E-state index contributed by atoms with van der Waals surface area (Å²) in [5, 5.41) is 4.66. The van der Waals surface area contributed by atoms with Crippen LogP contribution in [0.4, 0.5) is 0 Å². The minimum absolute atomic E-state index is 0.0120. The van der Waals surface area contributed by atoms with E-state index in [0.29, 0.717) is 13.0 Å². The highest BCUT2D eigenvalue weighted by Gasteiger charge is 2.31. The fourth-order valence-corrected chi connectivity index (χ4v) is 5.44. The molecule has 0 amide bonds. The predicted molar refractivity (Wildman–Crippen MR) is 106 cm³/mol. The Morgan fingerprint density at radius 1 is 1.26 bits per heavy atom. The highest BCUT2D eigenvalue weighted by molar-refractivity contribution is 7.91. The van der Waals surface area contributed by atoms with Crippen LogP contribution >= 0.6 is 0 Å². The van der Waals surface area contributed by atoms with Crippen LogP contribution in [-0.4, -0.2) is 49.9 Å². The first kappa shape index (κ1) is 19.9. The topological polar surface area (TPSA) is 65.6 Å². The number of hydrogen-bond donors (Lipinski definition) is 1. The minimum Gasteiger partial charge on any atom is -0.493 e. The molecule has 0 radical (unpaired) electrons. The Morgan fingerprint density at radius 3 is 2.67 bits per heavy atom. The van der Waals surface area contributed by atoms with Crippen molar-refractivity contribution in [2.45, 2.75) is 39.3 Å². The summed E-state index contributed by atoms with van der Waals surface area (Å²) in [6, 6.07) is 9.87. The van der Waals surface area contributed by atoms with Crippen LogP contribution in [0, 0.1) is 13.8 Å². The molecule has 1 saturated heterocycles. The average molecular weight is 393 g/mol. The maximum absolute atomic E-state index is 11.8. The number of ether oxygens (including phenoxy) is 1.